The van der Waals surface area contributed by atoms with E-state index in [9.17, 15) is 4.79 Å². The standard InChI is InChI=1S/C16H25N3O/c1-18(2)14-9-6-10-19(12-14)16(20)15(17)11-13-7-4-3-5-8-13/h3-5,7-8,14-15H,6,9-12,17H2,1-2H3/t14?,15-/m0/s1. The van der Waals surface area contributed by atoms with Crippen molar-refractivity contribution < 1.29 is 4.79 Å². The van der Waals surface area contributed by atoms with Gasteiger partial charge in [-0.15, -0.1) is 0 Å². The summed E-state index contributed by atoms with van der Waals surface area (Å²) in [6, 6.07) is 10.0. The van der Waals surface area contributed by atoms with Crippen LogP contribution in [-0.2, 0) is 11.2 Å². The zero-order valence-corrected chi connectivity index (χ0v) is 12.5. The molecule has 4 nitrogen and oxygen atoms in total. The van der Waals surface area contributed by atoms with Gasteiger partial charge in [0, 0.05) is 19.1 Å². The third-order valence-corrected chi connectivity index (χ3v) is 4.05. The number of hydrogen-bond acceptors (Lipinski definition) is 3. The van der Waals surface area contributed by atoms with E-state index < -0.39 is 6.04 Å². The van der Waals surface area contributed by atoms with Gasteiger partial charge in [0.05, 0.1) is 6.04 Å². The maximum absolute atomic E-state index is 12.5. The minimum atomic E-state index is -0.432. The second-order valence-electron chi connectivity index (χ2n) is 5.84. The zero-order valence-electron chi connectivity index (χ0n) is 12.5. The van der Waals surface area contributed by atoms with E-state index in [1.165, 1.54) is 0 Å². The van der Waals surface area contributed by atoms with Crippen LogP contribution in [0.15, 0.2) is 30.3 Å². The highest BCUT2D eigenvalue weighted by molar-refractivity contribution is 5.82. The van der Waals surface area contributed by atoms with Gasteiger partial charge in [-0.05, 0) is 38.9 Å². The molecule has 0 saturated carbocycles. The van der Waals surface area contributed by atoms with Crippen molar-refractivity contribution in [3.8, 4) is 0 Å². The molecular weight excluding hydrogens is 250 g/mol. The zero-order chi connectivity index (χ0) is 14.5. The first-order chi connectivity index (χ1) is 9.58. The SMILES string of the molecule is CN(C)C1CCCN(C(=O)[C@@H](N)Cc2ccccc2)C1. The Morgan fingerprint density at radius 2 is 2.10 bits per heavy atom. The molecule has 1 saturated heterocycles. The Morgan fingerprint density at radius 3 is 2.75 bits per heavy atom. The van der Waals surface area contributed by atoms with E-state index in [0.29, 0.717) is 12.5 Å². The molecule has 0 bridgehead atoms. The minimum absolute atomic E-state index is 0.0837. The molecule has 0 aliphatic carbocycles. The number of nitrogens with two attached hydrogens (primary N) is 1. The third-order valence-electron chi connectivity index (χ3n) is 4.05. The summed E-state index contributed by atoms with van der Waals surface area (Å²) in [7, 11) is 4.14. The van der Waals surface area contributed by atoms with E-state index in [1.807, 2.05) is 35.2 Å². The predicted molar refractivity (Wildman–Crippen MR) is 81.4 cm³/mol. The lowest BCUT2D eigenvalue weighted by molar-refractivity contribution is -0.134. The fourth-order valence-corrected chi connectivity index (χ4v) is 2.77. The molecule has 20 heavy (non-hydrogen) atoms. The minimum Gasteiger partial charge on any atom is -0.340 e. The number of likely N-dealkylation sites (N-methyl/N-ethyl adjacent to an activating group) is 1. The smallest absolute Gasteiger partial charge is 0.239 e. The van der Waals surface area contributed by atoms with Gasteiger partial charge in [0.25, 0.3) is 0 Å². The number of likely N-dealkylation sites (tertiary alicyclic amines) is 1. The molecule has 110 valence electrons. The summed E-state index contributed by atoms with van der Waals surface area (Å²) in [5.41, 5.74) is 7.22. The average Bonchev–Trinajstić information content (AvgIpc) is 2.47. The Morgan fingerprint density at radius 1 is 1.40 bits per heavy atom. The van der Waals surface area contributed by atoms with Gasteiger partial charge in [0.2, 0.25) is 5.91 Å². The monoisotopic (exact) mass is 275 g/mol. The Hall–Kier alpha value is -1.39. The van der Waals surface area contributed by atoms with Gasteiger partial charge >= 0.3 is 0 Å². The van der Waals surface area contributed by atoms with Crippen molar-refractivity contribution in [3.63, 3.8) is 0 Å². The van der Waals surface area contributed by atoms with Crippen molar-refractivity contribution in [2.45, 2.75) is 31.3 Å². The molecule has 0 radical (unpaired) electrons. The van der Waals surface area contributed by atoms with E-state index in [-0.39, 0.29) is 5.91 Å². The van der Waals surface area contributed by atoms with Crippen LogP contribution in [0, 0.1) is 0 Å². The highest BCUT2D eigenvalue weighted by Gasteiger charge is 2.27. The number of hydrogen-bond donors (Lipinski definition) is 1. The summed E-state index contributed by atoms with van der Waals surface area (Å²) in [4.78, 5) is 16.6. The van der Waals surface area contributed by atoms with Crippen molar-refractivity contribution in [2.24, 2.45) is 5.73 Å². The lowest BCUT2D eigenvalue weighted by Crippen LogP contribution is -2.52. The number of rotatable bonds is 4. The van der Waals surface area contributed by atoms with Crippen LogP contribution in [-0.4, -0.2) is 55.0 Å². The van der Waals surface area contributed by atoms with Crippen LogP contribution in [0.2, 0.25) is 0 Å². The van der Waals surface area contributed by atoms with Crippen molar-refractivity contribution >= 4 is 5.91 Å². The molecule has 0 spiro atoms. The first-order valence-electron chi connectivity index (χ1n) is 7.32. The molecule has 1 aromatic carbocycles. The summed E-state index contributed by atoms with van der Waals surface area (Å²) >= 11 is 0. The van der Waals surface area contributed by atoms with Gasteiger partial charge in [-0.2, -0.15) is 0 Å². The number of piperidine rings is 1. The van der Waals surface area contributed by atoms with Crippen molar-refractivity contribution in [2.75, 3.05) is 27.2 Å². The fourth-order valence-electron chi connectivity index (χ4n) is 2.77. The maximum atomic E-state index is 12.5. The second-order valence-corrected chi connectivity index (χ2v) is 5.84. The Kier molecular flexibility index (Phi) is 5.15. The summed E-state index contributed by atoms with van der Waals surface area (Å²) in [6.07, 6.45) is 2.83. The Labute approximate surface area is 121 Å². The van der Waals surface area contributed by atoms with Crippen LogP contribution in [0.3, 0.4) is 0 Å². The maximum Gasteiger partial charge on any atom is 0.239 e. The third kappa shape index (κ3) is 3.81. The van der Waals surface area contributed by atoms with E-state index in [0.717, 1.165) is 31.5 Å². The first-order valence-corrected chi connectivity index (χ1v) is 7.32. The highest BCUT2D eigenvalue weighted by Crippen LogP contribution is 2.15. The van der Waals surface area contributed by atoms with Crippen LogP contribution in [0.5, 0.6) is 0 Å². The molecule has 1 aliphatic rings. The van der Waals surface area contributed by atoms with Gasteiger partial charge in [0.1, 0.15) is 0 Å². The summed E-state index contributed by atoms with van der Waals surface area (Å²) in [5, 5.41) is 0. The summed E-state index contributed by atoms with van der Waals surface area (Å²) in [6.45, 7) is 1.64. The molecule has 1 amide bonds. The van der Waals surface area contributed by atoms with Crippen LogP contribution in [0.1, 0.15) is 18.4 Å². The quantitative estimate of drug-likeness (QED) is 0.895. The van der Waals surface area contributed by atoms with E-state index >= 15 is 0 Å². The van der Waals surface area contributed by atoms with E-state index in [4.69, 9.17) is 5.73 Å². The van der Waals surface area contributed by atoms with Crippen LogP contribution < -0.4 is 5.73 Å². The largest absolute Gasteiger partial charge is 0.340 e. The molecule has 2 atom stereocenters. The molecule has 1 fully saturated rings. The topological polar surface area (TPSA) is 49.6 Å². The Bertz CT molecular complexity index is 433. The van der Waals surface area contributed by atoms with Gasteiger partial charge in [-0.1, -0.05) is 30.3 Å². The van der Waals surface area contributed by atoms with Gasteiger partial charge in [0.15, 0.2) is 0 Å². The lowest BCUT2D eigenvalue weighted by atomic mass is 10.0. The fraction of sp³-hybridized carbons (Fsp3) is 0.562. The van der Waals surface area contributed by atoms with E-state index in [2.05, 4.69) is 19.0 Å². The van der Waals surface area contributed by atoms with Crippen LogP contribution >= 0.6 is 0 Å². The summed E-state index contributed by atoms with van der Waals surface area (Å²) in [5.74, 6) is 0.0837. The molecule has 1 heterocycles. The molecule has 1 aromatic rings. The summed E-state index contributed by atoms with van der Waals surface area (Å²) < 4.78 is 0. The van der Waals surface area contributed by atoms with Crippen molar-refractivity contribution in [1.82, 2.24) is 9.80 Å². The lowest BCUT2D eigenvalue weighted by Gasteiger charge is -2.37. The van der Waals surface area contributed by atoms with Gasteiger partial charge in [-0.25, -0.2) is 0 Å². The van der Waals surface area contributed by atoms with Crippen molar-refractivity contribution in [1.29, 1.82) is 0 Å². The van der Waals surface area contributed by atoms with Crippen LogP contribution in [0.25, 0.3) is 0 Å². The molecule has 0 aromatic heterocycles. The molecule has 1 unspecified atom stereocenters. The predicted octanol–water partition coefficient (Wildman–Crippen LogP) is 1.11. The number of benzene rings is 1. The number of amides is 1. The van der Waals surface area contributed by atoms with Gasteiger partial charge in [-0.3, -0.25) is 4.79 Å². The average molecular weight is 275 g/mol. The molecule has 2 N–H and O–H groups in total. The second kappa shape index (κ2) is 6.86. The normalized spacial score (nSPS) is 21.0. The van der Waals surface area contributed by atoms with Crippen LogP contribution in [0.4, 0.5) is 0 Å². The molecule has 1 aliphatic heterocycles. The molecular formula is C16H25N3O. The number of nitrogens with zero attached hydrogens (tertiary/aromatic N) is 2. The number of carbonyl (C=O) groups excluding carboxylic acids is 1. The van der Waals surface area contributed by atoms with Crippen molar-refractivity contribution in [3.05, 3.63) is 35.9 Å². The number of carbonyl (C=O) groups is 1. The Balaban J connectivity index is 1.93. The first kappa shape index (κ1) is 15.0. The van der Waals surface area contributed by atoms with Gasteiger partial charge < -0.3 is 15.5 Å². The molecule has 2 rings (SSSR count). The van der Waals surface area contributed by atoms with E-state index in [1.54, 1.807) is 0 Å². The molecule has 4 heteroatoms. The highest BCUT2D eigenvalue weighted by atomic mass is 16.2.